The van der Waals surface area contributed by atoms with E-state index in [1.54, 1.807) is 23.5 Å². The van der Waals surface area contributed by atoms with Gasteiger partial charge in [-0.05, 0) is 18.4 Å². The molecule has 0 fully saturated rings. The Morgan fingerprint density at radius 2 is 2.08 bits per heavy atom. The van der Waals surface area contributed by atoms with Gasteiger partial charge in [0.2, 0.25) is 5.91 Å². The molecule has 1 unspecified atom stereocenters. The molecule has 2 heterocycles. The van der Waals surface area contributed by atoms with Gasteiger partial charge in [-0.2, -0.15) is 0 Å². The molecule has 1 aromatic carbocycles. The number of ether oxygens (including phenoxy) is 2. The second-order valence-electron chi connectivity index (χ2n) is 5.49. The maximum atomic E-state index is 12.1. The highest BCUT2D eigenvalue weighted by atomic mass is 35.5. The summed E-state index contributed by atoms with van der Waals surface area (Å²) in [6.07, 6.45) is 0.831. The maximum absolute atomic E-state index is 12.1. The van der Waals surface area contributed by atoms with E-state index in [2.05, 4.69) is 10.6 Å². The zero-order valence-corrected chi connectivity index (χ0v) is 14.9. The van der Waals surface area contributed by atoms with Crippen LogP contribution < -0.4 is 20.1 Å². The molecule has 0 saturated heterocycles. The van der Waals surface area contributed by atoms with Crippen LogP contribution in [0.5, 0.6) is 11.5 Å². The molecule has 0 spiro atoms. The van der Waals surface area contributed by atoms with E-state index in [0.717, 1.165) is 11.3 Å². The number of nitrogens with one attached hydrogen (secondary N) is 2. The molecule has 0 bridgehead atoms. The number of carbonyl (C=O) groups excluding carboxylic acids is 1. The monoisotopic (exact) mass is 366 g/mol. The van der Waals surface area contributed by atoms with Gasteiger partial charge in [-0.3, -0.25) is 4.79 Å². The minimum absolute atomic E-state index is 0.0152. The summed E-state index contributed by atoms with van der Waals surface area (Å²) in [5, 5.41) is 8.50. The van der Waals surface area contributed by atoms with E-state index in [1.165, 1.54) is 0 Å². The van der Waals surface area contributed by atoms with E-state index in [4.69, 9.17) is 21.1 Å². The summed E-state index contributed by atoms with van der Waals surface area (Å²) in [5.41, 5.74) is 0.653. The molecule has 128 valence electrons. The van der Waals surface area contributed by atoms with Gasteiger partial charge < -0.3 is 20.1 Å². The largest absolute Gasteiger partial charge is 0.490 e. The van der Waals surface area contributed by atoms with Gasteiger partial charge in [-0.25, -0.2) is 0 Å². The number of carbonyl (C=O) groups is 1. The average Bonchev–Trinajstić information content (AvgIpc) is 3.00. The number of anilines is 1. The number of halogens is 1. The van der Waals surface area contributed by atoms with Crippen LogP contribution in [0, 0.1) is 0 Å². The molecule has 5 nitrogen and oxygen atoms in total. The first-order valence-corrected chi connectivity index (χ1v) is 9.05. The first-order valence-electron chi connectivity index (χ1n) is 7.79. The van der Waals surface area contributed by atoms with Crippen LogP contribution >= 0.6 is 22.9 Å². The lowest BCUT2D eigenvalue weighted by Gasteiger charge is -2.15. The Hall–Kier alpha value is -1.92. The van der Waals surface area contributed by atoms with Crippen LogP contribution in [-0.2, 0) is 4.79 Å². The molecule has 1 aliphatic rings. The van der Waals surface area contributed by atoms with Crippen LogP contribution in [0.2, 0.25) is 5.02 Å². The van der Waals surface area contributed by atoms with Crippen molar-refractivity contribution in [2.45, 2.75) is 19.4 Å². The van der Waals surface area contributed by atoms with Crippen LogP contribution in [0.25, 0.3) is 0 Å². The van der Waals surface area contributed by atoms with Crippen molar-refractivity contribution in [3.8, 4) is 11.5 Å². The molecule has 24 heavy (non-hydrogen) atoms. The van der Waals surface area contributed by atoms with Crippen LogP contribution in [0.3, 0.4) is 0 Å². The summed E-state index contributed by atoms with van der Waals surface area (Å²) in [6.45, 7) is 3.31. The molecular formula is C17H19ClN2O3S. The van der Waals surface area contributed by atoms with E-state index < -0.39 is 0 Å². The number of amides is 1. The summed E-state index contributed by atoms with van der Waals surface area (Å²) in [7, 11) is 0. The molecule has 3 rings (SSSR count). The Labute approximate surface area is 149 Å². The Bertz CT molecular complexity index is 706. The van der Waals surface area contributed by atoms with E-state index in [1.807, 2.05) is 24.4 Å². The number of hydrogen-bond donors (Lipinski definition) is 2. The van der Waals surface area contributed by atoms with Crippen LogP contribution in [-0.4, -0.2) is 25.7 Å². The van der Waals surface area contributed by atoms with Crippen molar-refractivity contribution in [3.63, 3.8) is 0 Å². The molecule has 1 aromatic heterocycles. The van der Waals surface area contributed by atoms with Crippen LogP contribution in [0.4, 0.5) is 5.69 Å². The van der Waals surface area contributed by atoms with E-state index >= 15 is 0 Å². The highest BCUT2D eigenvalue weighted by molar-refractivity contribution is 7.10. The smallest absolute Gasteiger partial charge is 0.239 e. The van der Waals surface area contributed by atoms with Crippen LogP contribution in [0.15, 0.2) is 29.6 Å². The molecule has 2 aromatic rings. The Balaban J connectivity index is 1.60. The van der Waals surface area contributed by atoms with Crippen molar-refractivity contribution in [1.82, 2.24) is 5.32 Å². The van der Waals surface area contributed by atoms with Gasteiger partial charge in [0.1, 0.15) is 0 Å². The number of hydrogen-bond acceptors (Lipinski definition) is 5. The molecule has 1 amide bonds. The number of fused-ring (bicyclic) bond motifs is 1. The Morgan fingerprint density at radius 1 is 1.33 bits per heavy atom. The summed E-state index contributed by atoms with van der Waals surface area (Å²) in [5.74, 6) is 1.18. The van der Waals surface area contributed by atoms with Gasteiger partial charge in [0.05, 0.1) is 36.5 Å². The lowest BCUT2D eigenvalue weighted by molar-refractivity contribution is -0.120. The third-order valence-corrected chi connectivity index (χ3v) is 4.99. The molecule has 7 heteroatoms. The molecule has 0 saturated carbocycles. The third kappa shape index (κ3) is 4.13. The SMILES string of the molecule is CC(NC(=O)CNc1cc2c(cc1Cl)OCCCO2)c1cccs1. The fourth-order valence-corrected chi connectivity index (χ4v) is 3.35. The Kier molecular flexibility index (Phi) is 5.48. The number of thiophene rings is 1. The van der Waals surface area contributed by atoms with Crippen molar-refractivity contribution in [2.24, 2.45) is 0 Å². The molecule has 1 atom stereocenters. The second kappa shape index (κ2) is 7.77. The highest BCUT2D eigenvalue weighted by Crippen LogP contribution is 2.37. The maximum Gasteiger partial charge on any atom is 0.239 e. The highest BCUT2D eigenvalue weighted by Gasteiger charge is 2.15. The second-order valence-corrected chi connectivity index (χ2v) is 6.87. The van der Waals surface area contributed by atoms with Crippen LogP contribution in [0.1, 0.15) is 24.3 Å². The Morgan fingerprint density at radius 3 is 2.79 bits per heavy atom. The first-order chi connectivity index (χ1) is 11.6. The molecule has 2 N–H and O–H groups in total. The quantitative estimate of drug-likeness (QED) is 0.843. The first kappa shape index (κ1) is 16.9. The lowest BCUT2D eigenvalue weighted by Crippen LogP contribution is -2.31. The zero-order valence-electron chi connectivity index (χ0n) is 13.3. The van der Waals surface area contributed by atoms with Crippen molar-refractivity contribution in [2.75, 3.05) is 25.1 Å². The van der Waals surface area contributed by atoms with Crippen molar-refractivity contribution in [1.29, 1.82) is 0 Å². The van der Waals surface area contributed by atoms with Crippen molar-refractivity contribution >= 4 is 34.5 Å². The van der Waals surface area contributed by atoms with E-state index in [-0.39, 0.29) is 18.5 Å². The summed E-state index contributed by atoms with van der Waals surface area (Å²) in [6, 6.07) is 7.45. The van der Waals surface area contributed by atoms with Crippen molar-refractivity contribution in [3.05, 3.63) is 39.5 Å². The average molecular weight is 367 g/mol. The van der Waals surface area contributed by atoms with Crippen molar-refractivity contribution < 1.29 is 14.3 Å². The van der Waals surface area contributed by atoms with E-state index in [0.29, 0.717) is 35.4 Å². The topological polar surface area (TPSA) is 59.6 Å². The molecule has 1 aliphatic heterocycles. The molecule has 0 aliphatic carbocycles. The standard InChI is InChI=1S/C17H19ClN2O3S/c1-11(16-4-2-7-24-16)20-17(21)10-19-13-9-15-14(8-12(13)18)22-5-3-6-23-15/h2,4,7-9,11,19H,3,5-6,10H2,1H3,(H,20,21). The van der Waals surface area contributed by atoms with E-state index in [9.17, 15) is 4.79 Å². The summed E-state index contributed by atoms with van der Waals surface area (Å²) < 4.78 is 11.2. The minimum atomic E-state index is -0.0981. The normalized spacial score (nSPS) is 14.6. The van der Waals surface area contributed by atoms with Gasteiger partial charge in [-0.1, -0.05) is 17.7 Å². The predicted octanol–water partition coefficient (Wildman–Crippen LogP) is 3.85. The van der Waals surface area contributed by atoms with Gasteiger partial charge >= 0.3 is 0 Å². The summed E-state index contributed by atoms with van der Waals surface area (Å²) in [4.78, 5) is 13.2. The van der Waals surface area contributed by atoms with Gasteiger partial charge in [0.25, 0.3) is 0 Å². The van der Waals surface area contributed by atoms with Gasteiger partial charge in [0, 0.05) is 23.4 Å². The molecular weight excluding hydrogens is 348 g/mol. The minimum Gasteiger partial charge on any atom is -0.490 e. The number of benzene rings is 1. The van der Waals surface area contributed by atoms with Gasteiger partial charge in [-0.15, -0.1) is 11.3 Å². The fourth-order valence-electron chi connectivity index (χ4n) is 2.40. The number of rotatable bonds is 5. The third-order valence-electron chi connectivity index (χ3n) is 3.62. The lowest BCUT2D eigenvalue weighted by atomic mass is 10.2. The zero-order chi connectivity index (χ0) is 16.9. The predicted molar refractivity (Wildman–Crippen MR) is 96.4 cm³/mol. The van der Waals surface area contributed by atoms with Gasteiger partial charge in [0.15, 0.2) is 11.5 Å². The fraction of sp³-hybridized carbons (Fsp3) is 0.353. The summed E-state index contributed by atoms with van der Waals surface area (Å²) >= 11 is 7.88. The molecule has 0 radical (unpaired) electrons.